The summed E-state index contributed by atoms with van der Waals surface area (Å²) in [5.74, 6) is 0. The third-order valence-corrected chi connectivity index (χ3v) is 7.67. The molecule has 0 bridgehead atoms. The van der Waals surface area contributed by atoms with Crippen LogP contribution in [-0.2, 0) is 25.3 Å². The third kappa shape index (κ3) is 9.33. The zero-order chi connectivity index (χ0) is 24.9. The highest BCUT2D eigenvalue weighted by atomic mass is 79.9. The highest BCUT2D eigenvalue weighted by molar-refractivity contribution is 5.39. The second kappa shape index (κ2) is 16.6. The largest absolute Gasteiger partial charge is 1.00 e. The Morgan fingerprint density at radius 2 is 1.26 bits per heavy atom. The van der Waals surface area contributed by atoms with Crippen LogP contribution in [0.15, 0.2) is 36.8 Å². The van der Waals surface area contributed by atoms with E-state index < -0.39 is 0 Å². The summed E-state index contributed by atoms with van der Waals surface area (Å²) in [6, 6.07) is 8.42. The molecule has 0 radical (unpaired) electrons. The summed E-state index contributed by atoms with van der Waals surface area (Å²) in [4.78, 5) is 4.43. The van der Waals surface area contributed by atoms with Gasteiger partial charge in [0.1, 0.15) is 0 Å². The first-order valence-corrected chi connectivity index (χ1v) is 14.0. The van der Waals surface area contributed by atoms with Gasteiger partial charge in [0.15, 0.2) is 0 Å². The van der Waals surface area contributed by atoms with Crippen LogP contribution in [0.4, 0.5) is 0 Å². The van der Waals surface area contributed by atoms with Crippen molar-refractivity contribution in [1.82, 2.24) is 9.55 Å². The van der Waals surface area contributed by atoms with Crippen molar-refractivity contribution in [1.29, 1.82) is 0 Å². The van der Waals surface area contributed by atoms with Gasteiger partial charge >= 0.3 is 0 Å². The smallest absolute Gasteiger partial charge is 0.0947 e. The molecule has 1 N–H and O–H groups in total. The molecule has 0 fully saturated rings. The third-order valence-electron chi connectivity index (χ3n) is 7.67. The molecule has 200 valence electrons. The van der Waals surface area contributed by atoms with Crippen LogP contribution in [-0.4, -0.2) is 51.9 Å². The van der Waals surface area contributed by atoms with Crippen LogP contribution in [0.2, 0.25) is 0 Å². The van der Waals surface area contributed by atoms with Gasteiger partial charge in [-0.1, -0.05) is 77.6 Å². The number of aliphatic hydroxyl groups excluding tert-OH is 1. The molecule has 1 aromatic carbocycles. The van der Waals surface area contributed by atoms with Gasteiger partial charge in [0.25, 0.3) is 0 Å². The van der Waals surface area contributed by atoms with Crippen molar-refractivity contribution >= 4 is 0 Å². The number of aromatic nitrogens is 2. The molecular formula is C30H52BrN3O. The standard InChI is InChI=1S/C16H36N.C14H16N2O.BrH/c1-5-9-13-17(14-10-6-2,15-11-7-3)16-12-8-4;1-16-8-13(15-10-16)14(9-17)6-11-4-2-3-5-12(11)7-14;/h5-16H2,1-4H3;2-5,8,10,17H,6-7,9H2,1H3;1H/q+1;;/p-1. The number of aliphatic hydroxyl groups is 1. The van der Waals surface area contributed by atoms with Crippen LogP contribution in [0.3, 0.4) is 0 Å². The van der Waals surface area contributed by atoms with Gasteiger partial charge in [-0.3, -0.25) is 0 Å². The van der Waals surface area contributed by atoms with Crippen LogP contribution in [0, 0.1) is 0 Å². The molecule has 0 atom stereocenters. The molecule has 5 heteroatoms. The number of benzene rings is 1. The van der Waals surface area contributed by atoms with Gasteiger partial charge in [0, 0.05) is 18.7 Å². The van der Waals surface area contributed by atoms with E-state index in [9.17, 15) is 5.11 Å². The van der Waals surface area contributed by atoms with Crippen LogP contribution in [0.25, 0.3) is 0 Å². The van der Waals surface area contributed by atoms with Crippen LogP contribution in [0.1, 0.15) is 95.9 Å². The minimum absolute atomic E-state index is 0. The van der Waals surface area contributed by atoms with Gasteiger partial charge in [-0.05, 0) is 49.7 Å². The summed E-state index contributed by atoms with van der Waals surface area (Å²) in [6.07, 6.45) is 16.7. The Bertz CT molecular complexity index is 757. The van der Waals surface area contributed by atoms with Crippen molar-refractivity contribution in [3.8, 4) is 0 Å². The Kier molecular flexibility index (Phi) is 15.1. The van der Waals surface area contributed by atoms with Gasteiger partial charge in [0.2, 0.25) is 0 Å². The number of quaternary nitrogens is 1. The second-order valence-electron chi connectivity index (χ2n) is 10.6. The summed E-state index contributed by atoms with van der Waals surface area (Å²) in [7, 11) is 1.96. The quantitative estimate of drug-likeness (QED) is 0.366. The number of halogens is 1. The number of unbranched alkanes of at least 4 members (excludes halogenated alkanes) is 4. The number of hydrogen-bond acceptors (Lipinski definition) is 2. The minimum Gasteiger partial charge on any atom is -1.00 e. The lowest BCUT2D eigenvalue weighted by Gasteiger charge is -2.39. The molecule has 0 unspecified atom stereocenters. The van der Waals surface area contributed by atoms with E-state index in [1.807, 2.05) is 17.8 Å². The predicted octanol–water partition coefficient (Wildman–Crippen LogP) is 3.46. The highest BCUT2D eigenvalue weighted by Gasteiger charge is 2.39. The number of nitrogens with zero attached hydrogens (tertiary/aromatic N) is 3. The van der Waals surface area contributed by atoms with E-state index in [1.54, 1.807) is 6.33 Å². The molecule has 4 nitrogen and oxygen atoms in total. The Hall–Kier alpha value is -1.17. The summed E-state index contributed by atoms with van der Waals surface area (Å²) in [5, 5.41) is 9.80. The molecule has 0 saturated carbocycles. The van der Waals surface area contributed by atoms with Crippen molar-refractivity contribution in [3.63, 3.8) is 0 Å². The maximum Gasteiger partial charge on any atom is 0.0947 e. The molecule has 1 heterocycles. The van der Waals surface area contributed by atoms with Crippen molar-refractivity contribution in [2.24, 2.45) is 7.05 Å². The molecule has 1 aromatic heterocycles. The molecular weight excluding hydrogens is 498 g/mol. The Balaban J connectivity index is 0.000000340. The lowest BCUT2D eigenvalue weighted by molar-refractivity contribution is -0.929. The molecule has 0 saturated heterocycles. The molecule has 0 spiro atoms. The molecule has 1 aliphatic carbocycles. The predicted molar refractivity (Wildman–Crippen MR) is 145 cm³/mol. The summed E-state index contributed by atoms with van der Waals surface area (Å²) in [5.41, 5.74) is 3.46. The molecule has 2 aromatic rings. The second-order valence-corrected chi connectivity index (χ2v) is 10.6. The van der Waals surface area contributed by atoms with E-state index in [4.69, 9.17) is 0 Å². The SMILES string of the molecule is CCCC[N+](CCCC)(CCCC)CCCC.Cn1cnc(C2(CO)Cc3ccccc3C2)c1.[Br-]. The number of rotatable bonds is 14. The molecule has 3 rings (SSSR count). The first kappa shape index (κ1) is 31.9. The fourth-order valence-electron chi connectivity index (χ4n) is 5.40. The normalized spacial score (nSPS) is 14.1. The van der Waals surface area contributed by atoms with E-state index in [0.717, 1.165) is 18.5 Å². The monoisotopic (exact) mass is 549 g/mol. The zero-order valence-electron chi connectivity index (χ0n) is 23.2. The van der Waals surface area contributed by atoms with E-state index >= 15 is 0 Å². The lowest BCUT2D eigenvalue weighted by atomic mass is 9.82. The molecule has 0 amide bonds. The topological polar surface area (TPSA) is 38.0 Å². The maximum absolute atomic E-state index is 9.80. The molecule has 35 heavy (non-hydrogen) atoms. The van der Waals surface area contributed by atoms with Crippen molar-refractivity contribution < 1.29 is 26.6 Å². The number of hydrogen-bond donors (Lipinski definition) is 1. The van der Waals surface area contributed by atoms with E-state index in [-0.39, 0.29) is 29.0 Å². The first-order valence-electron chi connectivity index (χ1n) is 14.0. The summed E-state index contributed by atoms with van der Waals surface area (Å²) in [6.45, 7) is 15.2. The average Bonchev–Trinajstić information content (AvgIpc) is 3.48. The molecule has 0 aliphatic heterocycles. The Morgan fingerprint density at radius 1 is 0.829 bits per heavy atom. The van der Waals surface area contributed by atoms with E-state index in [2.05, 4.69) is 56.9 Å². The molecule has 1 aliphatic rings. The summed E-state index contributed by atoms with van der Waals surface area (Å²) < 4.78 is 3.36. The fourth-order valence-corrected chi connectivity index (χ4v) is 5.40. The highest BCUT2D eigenvalue weighted by Crippen LogP contribution is 2.38. The van der Waals surface area contributed by atoms with Gasteiger partial charge in [-0.15, -0.1) is 0 Å². The Labute approximate surface area is 226 Å². The van der Waals surface area contributed by atoms with E-state index in [1.165, 1.54) is 93.2 Å². The summed E-state index contributed by atoms with van der Waals surface area (Å²) >= 11 is 0. The van der Waals surface area contributed by atoms with Gasteiger partial charge in [-0.2, -0.15) is 0 Å². The van der Waals surface area contributed by atoms with Crippen molar-refractivity contribution in [3.05, 3.63) is 53.6 Å². The zero-order valence-corrected chi connectivity index (χ0v) is 24.8. The number of fused-ring (bicyclic) bond motifs is 1. The lowest BCUT2D eigenvalue weighted by Crippen LogP contribution is -3.00. The number of aryl methyl sites for hydroxylation is 1. The minimum atomic E-state index is -0.217. The van der Waals surface area contributed by atoms with Crippen LogP contribution < -0.4 is 17.0 Å². The first-order chi connectivity index (χ1) is 16.5. The number of imidazole rings is 1. The van der Waals surface area contributed by atoms with Gasteiger partial charge < -0.3 is 31.1 Å². The van der Waals surface area contributed by atoms with Gasteiger partial charge in [-0.25, -0.2) is 4.98 Å². The Morgan fingerprint density at radius 3 is 1.57 bits per heavy atom. The van der Waals surface area contributed by atoms with Crippen molar-refractivity contribution in [2.45, 2.75) is 97.3 Å². The van der Waals surface area contributed by atoms with Crippen LogP contribution >= 0.6 is 0 Å². The van der Waals surface area contributed by atoms with Crippen molar-refractivity contribution in [2.75, 3.05) is 32.8 Å². The fraction of sp³-hybridized carbons (Fsp3) is 0.700. The van der Waals surface area contributed by atoms with Gasteiger partial charge in [0.05, 0.1) is 44.8 Å². The average molecular weight is 551 g/mol. The van der Waals surface area contributed by atoms with Crippen LogP contribution in [0.5, 0.6) is 0 Å². The maximum atomic E-state index is 9.80. The van der Waals surface area contributed by atoms with E-state index in [0.29, 0.717) is 0 Å².